The number of hydrogen-bond donors (Lipinski definition) is 1. The van der Waals surface area contributed by atoms with E-state index in [1.54, 1.807) is 6.07 Å². The minimum absolute atomic E-state index is 0.298. The van der Waals surface area contributed by atoms with Gasteiger partial charge in [-0.2, -0.15) is 0 Å². The first-order valence-corrected chi connectivity index (χ1v) is 4.40. The Morgan fingerprint density at radius 2 is 2.36 bits per heavy atom. The van der Waals surface area contributed by atoms with Gasteiger partial charge in [-0.15, -0.1) is 0 Å². The molecule has 14 heavy (non-hydrogen) atoms. The van der Waals surface area contributed by atoms with Crippen LogP contribution in [0.1, 0.15) is 10.4 Å². The van der Waals surface area contributed by atoms with Crippen LogP contribution in [0.5, 0.6) is 0 Å². The van der Waals surface area contributed by atoms with E-state index in [9.17, 15) is 4.79 Å². The van der Waals surface area contributed by atoms with E-state index in [-0.39, 0.29) is 5.97 Å². The van der Waals surface area contributed by atoms with Gasteiger partial charge in [-0.1, -0.05) is 0 Å². The first kappa shape index (κ1) is 8.87. The number of esters is 1. The number of nitrogens with one attached hydrogen (secondary N) is 1. The van der Waals surface area contributed by atoms with Crippen LogP contribution in [0.3, 0.4) is 0 Å². The van der Waals surface area contributed by atoms with Crippen molar-refractivity contribution >= 4 is 17.3 Å². The van der Waals surface area contributed by atoms with Crippen molar-refractivity contribution in [2.45, 2.75) is 0 Å². The fraction of sp³-hybridized carbons (Fsp3) is 0.300. The molecule has 1 aromatic carbocycles. The number of fused-ring (bicyclic) bond motifs is 1. The summed E-state index contributed by atoms with van der Waals surface area (Å²) in [5.74, 6) is -0.298. The molecule has 0 aliphatic carbocycles. The van der Waals surface area contributed by atoms with Gasteiger partial charge in [-0.05, 0) is 18.2 Å². The summed E-state index contributed by atoms with van der Waals surface area (Å²) >= 11 is 0. The predicted octanol–water partition coefficient (Wildman–Crippen LogP) is 1.29. The standard InChI is InChI=1S/C10H12N2O2/c1-12-6-11-8-4-3-7(5-9(8)12)10(13)14-2/h3-5,11H,6H2,1-2H3. The van der Waals surface area contributed by atoms with Crippen LogP contribution in [0.4, 0.5) is 11.4 Å². The lowest BCUT2D eigenvalue weighted by atomic mass is 10.2. The SMILES string of the molecule is COC(=O)c1ccc2c(c1)N(C)CN2. The minimum Gasteiger partial charge on any atom is -0.465 e. The summed E-state index contributed by atoms with van der Waals surface area (Å²) in [6.07, 6.45) is 0. The van der Waals surface area contributed by atoms with Gasteiger partial charge in [-0.25, -0.2) is 4.79 Å². The highest BCUT2D eigenvalue weighted by Gasteiger charge is 2.17. The van der Waals surface area contributed by atoms with E-state index in [2.05, 4.69) is 10.1 Å². The van der Waals surface area contributed by atoms with Crippen molar-refractivity contribution in [3.05, 3.63) is 23.8 Å². The van der Waals surface area contributed by atoms with Crippen LogP contribution in [0.15, 0.2) is 18.2 Å². The van der Waals surface area contributed by atoms with Crippen LogP contribution in [-0.4, -0.2) is 26.8 Å². The summed E-state index contributed by atoms with van der Waals surface area (Å²) in [6.45, 7) is 0.778. The van der Waals surface area contributed by atoms with Gasteiger partial charge >= 0.3 is 5.97 Å². The van der Waals surface area contributed by atoms with E-state index in [0.717, 1.165) is 18.0 Å². The Morgan fingerprint density at radius 3 is 3.07 bits per heavy atom. The van der Waals surface area contributed by atoms with E-state index in [1.807, 2.05) is 24.1 Å². The first-order chi connectivity index (χ1) is 6.72. The molecule has 0 radical (unpaired) electrons. The average Bonchev–Trinajstić information content (AvgIpc) is 2.59. The van der Waals surface area contributed by atoms with E-state index in [0.29, 0.717) is 5.56 Å². The Kier molecular flexibility index (Phi) is 2.04. The molecule has 0 saturated carbocycles. The Balaban J connectivity index is 2.39. The first-order valence-electron chi connectivity index (χ1n) is 4.40. The molecule has 74 valence electrons. The molecular weight excluding hydrogens is 180 g/mol. The van der Waals surface area contributed by atoms with E-state index < -0.39 is 0 Å². The van der Waals surface area contributed by atoms with Crippen LogP contribution < -0.4 is 10.2 Å². The van der Waals surface area contributed by atoms with Crippen molar-refractivity contribution in [2.24, 2.45) is 0 Å². The fourth-order valence-electron chi connectivity index (χ4n) is 1.53. The maximum atomic E-state index is 11.3. The number of carbonyl (C=O) groups excluding carboxylic acids is 1. The highest BCUT2D eigenvalue weighted by Crippen LogP contribution is 2.30. The van der Waals surface area contributed by atoms with Gasteiger partial charge < -0.3 is 15.0 Å². The smallest absolute Gasteiger partial charge is 0.337 e. The van der Waals surface area contributed by atoms with Crippen molar-refractivity contribution in [3.8, 4) is 0 Å². The van der Waals surface area contributed by atoms with Gasteiger partial charge in [-0.3, -0.25) is 0 Å². The lowest BCUT2D eigenvalue weighted by molar-refractivity contribution is 0.0601. The van der Waals surface area contributed by atoms with Gasteiger partial charge in [0.05, 0.1) is 30.7 Å². The average molecular weight is 192 g/mol. The van der Waals surface area contributed by atoms with Crippen molar-refractivity contribution in [3.63, 3.8) is 0 Å². The van der Waals surface area contributed by atoms with Crippen molar-refractivity contribution in [1.82, 2.24) is 0 Å². The second-order valence-electron chi connectivity index (χ2n) is 3.26. The molecule has 2 rings (SSSR count). The third kappa shape index (κ3) is 1.28. The summed E-state index contributed by atoms with van der Waals surface area (Å²) in [5, 5.41) is 3.21. The third-order valence-corrected chi connectivity index (χ3v) is 2.34. The molecule has 4 nitrogen and oxygen atoms in total. The Labute approximate surface area is 82.5 Å². The molecule has 1 aromatic rings. The zero-order valence-corrected chi connectivity index (χ0v) is 8.20. The summed E-state index contributed by atoms with van der Waals surface area (Å²) < 4.78 is 4.65. The summed E-state index contributed by atoms with van der Waals surface area (Å²) in [4.78, 5) is 13.3. The highest BCUT2D eigenvalue weighted by atomic mass is 16.5. The van der Waals surface area contributed by atoms with Gasteiger partial charge in [0, 0.05) is 7.05 Å². The van der Waals surface area contributed by atoms with E-state index in [1.165, 1.54) is 7.11 Å². The van der Waals surface area contributed by atoms with Crippen molar-refractivity contribution in [1.29, 1.82) is 0 Å². The fourth-order valence-corrected chi connectivity index (χ4v) is 1.53. The monoisotopic (exact) mass is 192 g/mol. The predicted molar refractivity (Wildman–Crippen MR) is 54.7 cm³/mol. The van der Waals surface area contributed by atoms with E-state index >= 15 is 0 Å². The lowest BCUT2D eigenvalue weighted by Gasteiger charge is -2.10. The minimum atomic E-state index is -0.298. The topological polar surface area (TPSA) is 41.6 Å². The number of benzene rings is 1. The third-order valence-electron chi connectivity index (χ3n) is 2.34. The summed E-state index contributed by atoms with van der Waals surface area (Å²) in [6, 6.07) is 5.49. The number of hydrogen-bond acceptors (Lipinski definition) is 4. The Bertz CT molecular complexity index is 376. The number of ether oxygens (including phenoxy) is 1. The van der Waals surface area contributed by atoms with Gasteiger partial charge in [0.25, 0.3) is 0 Å². The van der Waals surface area contributed by atoms with Crippen LogP contribution in [0.2, 0.25) is 0 Å². The maximum Gasteiger partial charge on any atom is 0.337 e. The second-order valence-corrected chi connectivity index (χ2v) is 3.26. The second kappa shape index (κ2) is 3.21. The molecule has 0 amide bonds. The molecular formula is C10H12N2O2. The molecule has 4 heteroatoms. The van der Waals surface area contributed by atoms with Crippen LogP contribution in [-0.2, 0) is 4.74 Å². The number of methoxy groups -OCH3 is 1. The summed E-state index contributed by atoms with van der Waals surface area (Å²) in [7, 11) is 3.36. The van der Waals surface area contributed by atoms with Gasteiger partial charge in [0.15, 0.2) is 0 Å². The number of rotatable bonds is 1. The zero-order valence-electron chi connectivity index (χ0n) is 8.20. The molecule has 1 N–H and O–H groups in total. The number of carbonyl (C=O) groups is 1. The summed E-state index contributed by atoms with van der Waals surface area (Å²) in [5.41, 5.74) is 2.68. The lowest BCUT2D eigenvalue weighted by Crippen LogP contribution is -2.16. The normalized spacial score (nSPS) is 13.4. The molecule has 1 aliphatic rings. The molecule has 0 unspecified atom stereocenters. The van der Waals surface area contributed by atoms with Crippen molar-refractivity contribution < 1.29 is 9.53 Å². The Hall–Kier alpha value is -1.71. The number of nitrogens with zero attached hydrogens (tertiary/aromatic N) is 1. The molecule has 0 spiro atoms. The van der Waals surface area contributed by atoms with Crippen LogP contribution in [0.25, 0.3) is 0 Å². The van der Waals surface area contributed by atoms with Gasteiger partial charge in [0.1, 0.15) is 0 Å². The molecule has 1 aliphatic heterocycles. The molecule has 0 saturated heterocycles. The number of anilines is 2. The molecule has 0 aromatic heterocycles. The largest absolute Gasteiger partial charge is 0.465 e. The molecule has 0 fully saturated rings. The maximum absolute atomic E-state index is 11.3. The quantitative estimate of drug-likeness (QED) is 0.681. The van der Waals surface area contributed by atoms with Crippen LogP contribution >= 0.6 is 0 Å². The molecule has 0 atom stereocenters. The highest BCUT2D eigenvalue weighted by molar-refractivity contribution is 5.92. The Morgan fingerprint density at radius 1 is 1.57 bits per heavy atom. The van der Waals surface area contributed by atoms with Crippen molar-refractivity contribution in [2.75, 3.05) is 31.0 Å². The van der Waals surface area contributed by atoms with E-state index in [4.69, 9.17) is 0 Å². The molecule has 0 bridgehead atoms. The van der Waals surface area contributed by atoms with Gasteiger partial charge in [0.2, 0.25) is 0 Å². The zero-order chi connectivity index (χ0) is 10.1. The van der Waals surface area contributed by atoms with Crippen LogP contribution in [0, 0.1) is 0 Å². The molecule has 1 heterocycles.